The van der Waals surface area contributed by atoms with E-state index in [1.54, 1.807) is 0 Å². The van der Waals surface area contributed by atoms with Gasteiger partial charge in [-0.2, -0.15) is 0 Å². The van der Waals surface area contributed by atoms with E-state index in [2.05, 4.69) is 46.9 Å². The molecule has 0 spiro atoms. The van der Waals surface area contributed by atoms with E-state index < -0.39 is 0 Å². The third-order valence-corrected chi connectivity index (χ3v) is 2.61. The van der Waals surface area contributed by atoms with Gasteiger partial charge in [0.1, 0.15) is 0 Å². The van der Waals surface area contributed by atoms with Gasteiger partial charge in [0, 0.05) is 13.1 Å². The standard InChI is InChI=1S/C12H17N3/c1-3-13-8-10-5-6-12-11(7-10)14-9-15(12)4-2/h5-7,9,13H,3-4,8H2,1-2H3. The Morgan fingerprint density at radius 1 is 1.33 bits per heavy atom. The van der Waals surface area contributed by atoms with Gasteiger partial charge in [-0.15, -0.1) is 0 Å². The van der Waals surface area contributed by atoms with Crippen LogP contribution >= 0.6 is 0 Å². The zero-order chi connectivity index (χ0) is 10.7. The molecule has 0 aliphatic heterocycles. The fourth-order valence-electron chi connectivity index (χ4n) is 1.74. The van der Waals surface area contributed by atoms with Gasteiger partial charge >= 0.3 is 0 Å². The SMILES string of the molecule is CCNCc1ccc2c(c1)ncn2CC. The van der Waals surface area contributed by atoms with E-state index >= 15 is 0 Å². The average Bonchev–Trinajstić information content (AvgIpc) is 2.68. The zero-order valence-electron chi connectivity index (χ0n) is 9.33. The maximum absolute atomic E-state index is 4.39. The summed E-state index contributed by atoms with van der Waals surface area (Å²) >= 11 is 0. The van der Waals surface area contributed by atoms with Crippen molar-refractivity contribution < 1.29 is 0 Å². The van der Waals surface area contributed by atoms with Gasteiger partial charge in [0.15, 0.2) is 0 Å². The minimum atomic E-state index is 0.922. The molecule has 1 N–H and O–H groups in total. The lowest BCUT2D eigenvalue weighted by molar-refractivity contribution is 0.727. The van der Waals surface area contributed by atoms with E-state index in [9.17, 15) is 0 Å². The van der Waals surface area contributed by atoms with Crippen LogP contribution in [-0.4, -0.2) is 16.1 Å². The highest BCUT2D eigenvalue weighted by Gasteiger charge is 2.01. The summed E-state index contributed by atoms with van der Waals surface area (Å²) in [7, 11) is 0. The Morgan fingerprint density at radius 3 is 2.93 bits per heavy atom. The molecule has 0 saturated carbocycles. The molecule has 0 saturated heterocycles. The number of rotatable bonds is 4. The Balaban J connectivity index is 2.31. The van der Waals surface area contributed by atoms with Crippen LogP contribution < -0.4 is 5.32 Å². The van der Waals surface area contributed by atoms with E-state index in [0.717, 1.165) is 25.2 Å². The molecule has 0 unspecified atom stereocenters. The second kappa shape index (κ2) is 4.45. The van der Waals surface area contributed by atoms with E-state index in [0.29, 0.717) is 0 Å². The summed E-state index contributed by atoms with van der Waals surface area (Å²) in [6.45, 7) is 7.15. The number of nitrogens with zero attached hydrogens (tertiary/aromatic N) is 2. The third kappa shape index (κ3) is 2.02. The maximum Gasteiger partial charge on any atom is 0.0958 e. The topological polar surface area (TPSA) is 29.9 Å². The first-order valence-electron chi connectivity index (χ1n) is 5.49. The number of imidazole rings is 1. The first-order valence-corrected chi connectivity index (χ1v) is 5.49. The molecule has 0 fully saturated rings. The van der Waals surface area contributed by atoms with Gasteiger partial charge < -0.3 is 9.88 Å². The third-order valence-electron chi connectivity index (χ3n) is 2.61. The molecule has 1 aromatic carbocycles. The van der Waals surface area contributed by atoms with Gasteiger partial charge in [-0.05, 0) is 31.2 Å². The van der Waals surface area contributed by atoms with Crippen LogP contribution in [-0.2, 0) is 13.1 Å². The molecule has 0 amide bonds. The molecular weight excluding hydrogens is 186 g/mol. The lowest BCUT2D eigenvalue weighted by atomic mass is 10.2. The number of nitrogens with one attached hydrogen (secondary N) is 1. The number of aryl methyl sites for hydroxylation is 1. The highest BCUT2D eigenvalue weighted by molar-refractivity contribution is 5.76. The molecule has 1 heterocycles. The van der Waals surface area contributed by atoms with Crippen LogP contribution in [0.4, 0.5) is 0 Å². The average molecular weight is 203 g/mol. The van der Waals surface area contributed by atoms with Crippen molar-refractivity contribution >= 4 is 11.0 Å². The second-order valence-electron chi connectivity index (χ2n) is 3.63. The van der Waals surface area contributed by atoms with Gasteiger partial charge in [0.25, 0.3) is 0 Å². The number of benzene rings is 1. The quantitative estimate of drug-likeness (QED) is 0.825. The summed E-state index contributed by atoms with van der Waals surface area (Å²) < 4.78 is 2.16. The summed E-state index contributed by atoms with van der Waals surface area (Å²) in [6.07, 6.45) is 1.90. The van der Waals surface area contributed by atoms with Crippen molar-refractivity contribution in [2.45, 2.75) is 26.9 Å². The predicted molar refractivity (Wildman–Crippen MR) is 62.8 cm³/mol. The molecular formula is C12H17N3. The Kier molecular flexibility index (Phi) is 3.02. The minimum absolute atomic E-state index is 0.922. The first kappa shape index (κ1) is 10.2. The van der Waals surface area contributed by atoms with Crippen LogP contribution in [0, 0.1) is 0 Å². The Labute approximate surface area is 90.1 Å². The Morgan fingerprint density at radius 2 is 2.20 bits per heavy atom. The molecule has 0 aliphatic carbocycles. The molecule has 15 heavy (non-hydrogen) atoms. The van der Waals surface area contributed by atoms with Crippen molar-refractivity contribution in [1.29, 1.82) is 0 Å². The van der Waals surface area contributed by atoms with Crippen LogP contribution in [0.2, 0.25) is 0 Å². The van der Waals surface area contributed by atoms with Gasteiger partial charge in [-0.25, -0.2) is 4.98 Å². The van der Waals surface area contributed by atoms with E-state index in [4.69, 9.17) is 0 Å². The van der Waals surface area contributed by atoms with Crippen molar-refractivity contribution in [2.75, 3.05) is 6.54 Å². The molecule has 0 radical (unpaired) electrons. The summed E-state index contributed by atoms with van der Waals surface area (Å²) in [6, 6.07) is 6.47. The normalized spacial score (nSPS) is 11.1. The number of hydrogen-bond acceptors (Lipinski definition) is 2. The highest BCUT2D eigenvalue weighted by Crippen LogP contribution is 2.14. The summed E-state index contributed by atoms with van der Waals surface area (Å²) in [5, 5.41) is 3.32. The van der Waals surface area contributed by atoms with E-state index in [1.165, 1.54) is 11.1 Å². The van der Waals surface area contributed by atoms with Crippen molar-refractivity contribution in [3.8, 4) is 0 Å². The number of aromatic nitrogens is 2. The highest BCUT2D eigenvalue weighted by atomic mass is 15.0. The van der Waals surface area contributed by atoms with Crippen LogP contribution in [0.5, 0.6) is 0 Å². The van der Waals surface area contributed by atoms with Gasteiger partial charge in [0.2, 0.25) is 0 Å². The van der Waals surface area contributed by atoms with E-state index in [-0.39, 0.29) is 0 Å². The summed E-state index contributed by atoms with van der Waals surface area (Å²) in [5.41, 5.74) is 3.61. The lowest BCUT2D eigenvalue weighted by Gasteiger charge is -2.03. The Bertz CT molecular complexity index is 445. The lowest BCUT2D eigenvalue weighted by Crippen LogP contribution is -2.11. The van der Waals surface area contributed by atoms with Gasteiger partial charge in [0.05, 0.1) is 17.4 Å². The second-order valence-corrected chi connectivity index (χ2v) is 3.63. The maximum atomic E-state index is 4.39. The smallest absolute Gasteiger partial charge is 0.0958 e. The van der Waals surface area contributed by atoms with Crippen LogP contribution in [0.1, 0.15) is 19.4 Å². The van der Waals surface area contributed by atoms with Crippen LogP contribution in [0.3, 0.4) is 0 Å². The van der Waals surface area contributed by atoms with Crippen molar-refractivity contribution in [2.24, 2.45) is 0 Å². The van der Waals surface area contributed by atoms with Gasteiger partial charge in [-0.1, -0.05) is 13.0 Å². The largest absolute Gasteiger partial charge is 0.331 e. The Hall–Kier alpha value is -1.35. The van der Waals surface area contributed by atoms with Crippen LogP contribution in [0.25, 0.3) is 11.0 Å². The van der Waals surface area contributed by atoms with E-state index in [1.807, 2.05) is 6.33 Å². The molecule has 2 aromatic rings. The molecule has 3 nitrogen and oxygen atoms in total. The molecule has 0 atom stereocenters. The molecule has 80 valence electrons. The molecule has 1 aromatic heterocycles. The van der Waals surface area contributed by atoms with Gasteiger partial charge in [-0.3, -0.25) is 0 Å². The molecule has 2 rings (SSSR count). The molecule has 0 aliphatic rings. The molecule has 0 bridgehead atoms. The zero-order valence-corrected chi connectivity index (χ0v) is 9.33. The van der Waals surface area contributed by atoms with Crippen molar-refractivity contribution in [3.05, 3.63) is 30.1 Å². The summed E-state index contributed by atoms with van der Waals surface area (Å²) in [4.78, 5) is 4.39. The minimum Gasteiger partial charge on any atom is -0.331 e. The monoisotopic (exact) mass is 203 g/mol. The number of fused-ring (bicyclic) bond motifs is 1. The number of hydrogen-bond donors (Lipinski definition) is 1. The molecule has 3 heteroatoms. The predicted octanol–water partition coefficient (Wildman–Crippen LogP) is 2.17. The first-order chi connectivity index (χ1) is 7.35. The summed E-state index contributed by atoms with van der Waals surface area (Å²) in [5.74, 6) is 0. The van der Waals surface area contributed by atoms with Crippen molar-refractivity contribution in [3.63, 3.8) is 0 Å². The van der Waals surface area contributed by atoms with Crippen molar-refractivity contribution in [1.82, 2.24) is 14.9 Å². The fraction of sp³-hybridized carbons (Fsp3) is 0.417. The van der Waals surface area contributed by atoms with Crippen LogP contribution in [0.15, 0.2) is 24.5 Å². The fourth-order valence-corrected chi connectivity index (χ4v) is 1.74.